The number of nitrogens with two attached hydrogens (primary N) is 1. The summed E-state index contributed by atoms with van der Waals surface area (Å²) in [5.41, 5.74) is 7.04. The molecule has 0 fully saturated rings. The quantitative estimate of drug-likeness (QED) is 0.508. The number of hydroxylamine groups is 1. The predicted molar refractivity (Wildman–Crippen MR) is 33.3 cm³/mol. The highest BCUT2D eigenvalue weighted by Crippen LogP contribution is 1.89. The number of hydrazine groups is 1. The van der Waals surface area contributed by atoms with Crippen molar-refractivity contribution in [1.82, 2.24) is 10.7 Å². The number of carbonyl (C=O) groups is 1. The highest BCUT2D eigenvalue weighted by molar-refractivity contribution is 5.71. The van der Waals surface area contributed by atoms with Crippen LogP contribution in [0.15, 0.2) is 17.4 Å². The van der Waals surface area contributed by atoms with Gasteiger partial charge in [0, 0.05) is 0 Å². The van der Waals surface area contributed by atoms with Gasteiger partial charge in [-0.15, -0.1) is 5.17 Å². The number of rotatable bonds is 1. The Kier molecular flexibility index (Phi) is 1.74. The molecule has 0 saturated heterocycles. The fourth-order valence-electron chi connectivity index (χ4n) is 0.431. The van der Waals surface area contributed by atoms with Crippen LogP contribution in [-0.2, 0) is 4.84 Å². The summed E-state index contributed by atoms with van der Waals surface area (Å²) in [4.78, 5) is 14.5. The standard InChI is InChI=1S/C4H6N4O2/c5-4(9)10-8-3-1-2-6-7-8/h1-3,7H,(H2,5,9). The molecule has 0 aromatic heterocycles. The van der Waals surface area contributed by atoms with Crippen LogP contribution in [-0.4, -0.2) is 17.5 Å². The van der Waals surface area contributed by atoms with Gasteiger partial charge in [0.15, 0.2) is 0 Å². The van der Waals surface area contributed by atoms with Crippen LogP contribution >= 0.6 is 0 Å². The van der Waals surface area contributed by atoms with Gasteiger partial charge >= 0.3 is 6.09 Å². The van der Waals surface area contributed by atoms with Crippen LogP contribution in [0.2, 0.25) is 0 Å². The van der Waals surface area contributed by atoms with E-state index in [1.807, 2.05) is 0 Å². The van der Waals surface area contributed by atoms with Crippen LogP contribution in [0.25, 0.3) is 0 Å². The summed E-state index contributed by atoms with van der Waals surface area (Å²) in [6.45, 7) is 0. The van der Waals surface area contributed by atoms with Crippen molar-refractivity contribution in [1.29, 1.82) is 0 Å². The summed E-state index contributed by atoms with van der Waals surface area (Å²) in [6, 6.07) is 0. The Labute approximate surface area is 56.9 Å². The number of hydrogen-bond acceptors (Lipinski definition) is 5. The van der Waals surface area contributed by atoms with E-state index in [1.54, 1.807) is 6.08 Å². The van der Waals surface area contributed by atoms with Crippen molar-refractivity contribution in [3.8, 4) is 0 Å². The molecule has 10 heavy (non-hydrogen) atoms. The Bertz CT molecular complexity index is 188. The van der Waals surface area contributed by atoms with Gasteiger partial charge in [0.05, 0.1) is 12.4 Å². The van der Waals surface area contributed by atoms with Crippen molar-refractivity contribution in [3.05, 3.63) is 12.3 Å². The van der Waals surface area contributed by atoms with Crippen molar-refractivity contribution >= 4 is 12.3 Å². The van der Waals surface area contributed by atoms with Crippen molar-refractivity contribution < 1.29 is 9.63 Å². The second kappa shape index (κ2) is 2.72. The van der Waals surface area contributed by atoms with Crippen molar-refractivity contribution in [3.63, 3.8) is 0 Å². The Morgan fingerprint density at radius 2 is 2.60 bits per heavy atom. The van der Waals surface area contributed by atoms with Gasteiger partial charge in [0.1, 0.15) is 0 Å². The number of nitrogens with one attached hydrogen (secondary N) is 1. The molecule has 0 aliphatic carbocycles. The maximum atomic E-state index is 10.1. The third-order valence-corrected chi connectivity index (χ3v) is 0.727. The summed E-state index contributed by atoms with van der Waals surface area (Å²) < 4.78 is 0. The lowest BCUT2D eigenvalue weighted by Gasteiger charge is -2.16. The molecule has 0 saturated carbocycles. The van der Waals surface area contributed by atoms with Gasteiger partial charge in [-0.25, -0.2) is 4.79 Å². The first-order chi connectivity index (χ1) is 4.79. The molecule has 1 heterocycles. The molecule has 0 atom stereocenters. The molecule has 3 N–H and O–H groups in total. The maximum Gasteiger partial charge on any atom is 0.430 e. The topological polar surface area (TPSA) is 80.0 Å². The van der Waals surface area contributed by atoms with E-state index in [-0.39, 0.29) is 0 Å². The Hall–Kier alpha value is -1.72. The minimum Gasteiger partial charge on any atom is -0.333 e. The largest absolute Gasteiger partial charge is 0.430 e. The smallest absolute Gasteiger partial charge is 0.333 e. The Morgan fingerprint density at radius 1 is 1.80 bits per heavy atom. The first kappa shape index (κ1) is 6.40. The Morgan fingerprint density at radius 3 is 3.10 bits per heavy atom. The first-order valence-electron chi connectivity index (χ1n) is 2.51. The van der Waals surface area contributed by atoms with E-state index in [0.717, 1.165) is 5.17 Å². The zero-order chi connectivity index (χ0) is 7.40. The fourth-order valence-corrected chi connectivity index (χ4v) is 0.431. The van der Waals surface area contributed by atoms with E-state index >= 15 is 0 Å². The van der Waals surface area contributed by atoms with E-state index in [4.69, 9.17) is 5.73 Å². The number of carbonyl (C=O) groups excluding carboxylic acids is 1. The van der Waals surface area contributed by atoms with E-state index in [1.165, 1.54) is 12.4 Å². The summed E-state index contributed by atoms with van der Waals surface area (Å²) in [5, 5.41) is 4.53. The number of primary amides is 1. The van der Waals surface area contributed by atoms with Crippen LogP contribution in [0.3, 0.4) is 0 Å². The van der Waals surface area contributed by atoms with Gasteiger partial charge in [-0.2, -0.15) is 10.6 Å². The van der Waals surface area contributed by atoms with Crippen LogP contribution in [0, 0.1) is 0 Å². The molecular weight excluding hydrogens is 136 g/mol. The fraction of sp³-hybridized carbons (Fsp3) is 0. The second-order valence-corrected chi connectivity index (χ2v) is 1.46. The monoisotopic (exact) mass is 142 g/mol. The van der Waals surface area contributed by atoms with Gasteiger partial charge in [-0.05, 0) is 6.08 Å². The number of amides is 1. The van der Waals surface area contributed by atoms with Gasteiger partial charge in [0.25, 0.3) is 0 Å². The molecule has 0 aromatic rings. The number of allylic oxidation sites excluding steroid dienone is 1. The lowest BCUT2D eigenvalue weighted by molar-refractivity contribution is -0.0946. The second-order valence-electron chi connectivity index (χ2n) is 1.46. The summed E-state index contributed by atoms with van der Waals surface area (Å²) >= 11 is 0. The summed E-state index contributed by atoms with van der Waals surface area (Å²) in [6.07, 6.45) is 3.65. The lowest BCUT2D eigenvalue weighted by atomic mass is 10.6. The highest BCUT2D eigenvalue weighted by atomic mass is 16.7. The third-order valence-electron chi connectivity index (χ3n) is 0.727. The first-order valence-corrected chi connectivity index (χ1v) is 2.51. The molecule has 0 bridgehead atoms. The van der Waals surface area contributed by atoms with Crippen LogP contribution in [0.4, 0.5) is 4.79 Å². The summed E-state index contributed by atoms with van der Waals surface area (Å²) in [5.74, 6) is 0. The lowest BCUT2D eigenvalue weighted by Crippen LogP contribution is -2.35. The molecular formula is C4H6N4O2. The van der Waals surface area contributed by atoms with Crippen molar-refractivity contribution in [2.75, 3.05) is 0 Å². The average molecular weight is 142 g/mol. The van der Waals surface area contributed by atoms with E-state index in [9.17, 15) is 4.79 Å². The molecule has 1 rings (SSSR count). The molecule has 54 valence electrons. The number of hydrogen-bond donors (Lipinski definition) is 2. The molecule has 6 heteroatoms. The molecule has 0 aromatic carbocycles. The molecule has 6 nitrogen and oxygen atoms in total. The minimum atomic E-state index is -0.894. The number of hydrazone groups is 1. The number of nitrogens with zero attached hydrogens (tertiary/aromatic N) is 2. The molecule has 1 amide bonds. The van der Waals surface area contributed by atoms with Gasteiger partial charge < -0.3 is 5.73 Å². The average Bonchev–Trinajstić information content (AvgIpc) is 1.88. The Balaban J connectivity index is 2.37. The van der Waals surface area contributed by atoms with E-state index in [2.05, 4.69) is 15.5 Å². The minimum absolute atomic E-state index is 0.894. The van der Waals surface area contributed by atoms with Crippen LogP contribution in [0.1, 0.15) is 0 Å². The zero-order valence-corrected chi connectivity index (χ0v) is 5.02. The van der Waals surface area contributed by atoms with Crippen LogP contribution < -0.4 is 11.3 Å². The predicted octanol–water partition coefficient (Wildman–Crippen LogP) is -0.684. The summed E-state index contributed by atoms with van der Waals surface area (Å²) in [7, 11) is 0. The highest BCUT2D eigenvalue weighted by Gasteiger charge is 2.02. The third kappa shape index (κ3) is 1.66. The van der Waals surface area contributed by atoms with Gasteiger partial charge in [0.2, 0.25) is 0 Å². The van der Waals surface area contributed by atoms with Gasteiger partial charge in [-0.1, -0.05) is 0 Å². The molecule has 1 aliphatic heterocycles. The normalized spacial score (nSPS) is 14.6. The molecule has 0 radical (unpaired) electrons. The van der Waals surface area contributed by atoms with Gasteiger partial charge in [-0.3, -0.25) is 4.84 Å². The molecule has 0 unspecified atom stereocenters. The van der Waals surface area contributed by atoms with Crippen LogP contribution in [0.5, 0.6) is 0 Å². The van der Waals surface area contributed by atoms with E-state index < -0.39 is 6.09 Å². The van der Waals surface area contributed by atoms with E-state index in [0.29, 0.717) is 0 Å². The SMILES string of the molecule is NC(=O)ON1C=CC=NN1. The molecule has 1 aliphatic rings. The van der Waals surface area contributed by atoms with Crippen molar-refractivity contribution in [2.45, 2.75) is 0 Å². The van der Waals surface area contributed by atoms with Crippen molar-refractivity contribution in [2.24, 2.45) is 10.8 Å². The zero-order valence-electron chi connectivity index (χ0n) is 5.02. The maximum absolute atomic E-state index is 10.1. The molecule has 0 spiro atoms.